The number of aliphatic carboxylic acids is 1. The molecule has 1 aliphatic rings. The molecule has 0 heterocycles. The van der Waals surface area contributed by atoms with Crippen molar-refractivity contribution in [2.24, 2.45) is 5.92 Å². The fraction of sp³-hybridized carbons (Fsp3) is 0.923. The molecule has 1 rings (SSSR count). The summed E-state index contributed by atoms with van der Waals surface area (Å²) in [5, 5.41) is 12.8. The van der Waals surface area contributed by atoms with Gasteiger partial charge in [0.2, 0.25) is 0 Å². The molecule has 3 heteroatoms. The number of rotatable bonds is 5. The Morgan fingerprint density at radius 1 is 1.50 bits per heavy atom. The first-order chi connectivity index (χ1) is 7.50. The molecule has 0 aromatic carbocycles. The third kappa shape index (κ3) is 3.21. The van der Waals surface area contributed by atoms with Crippen molar-refractivity contribution in [3.8, 4) is 0 Å². The summed E-state index contributed by atoms with van der Waals surface area (Å²) in [4.78, 5) is 11.5. The van der Waals surface area contributed by atoms with Crippen LogP contribution in [0.3, 0.4) is 0 Å². The van der Waals surface area contributed by atoms with Crippen LogP contribution >= 0.6 is 0 Å². The Labute approximate surface area is 98.6 Å². The zero-order chi connectivity index (χ0) is 12.2. The maximum Gasteiger partial charge on any atom is 0.323 e. The average molecular weight is 227 g/mol. The molecular weight excluding hydrogens is 202 g/mol. The van der Waals surface area contributed by atoms with Gasteiger partial charge in [0.1, 0.15) is 5.54 Å². The molecule has 2 N–H and O–H groups in total. The summed E-state index contributed by atoms with van der Waals surface area (Å²) in [6.45, 7) is 6.43. The standard InChI is InChI=1S/C13H25NO2/c1-4-5-11(3)14-13(12(15)16)8-6-10(2)7-9-13/h10-11,14H,4-9H2,1-3H3,(H,15,16). The molecule has 3 nitrogen and oxygen atoms in total. The van der Waals surface area contributed by atoms with Crippen molar-refractivity contribution in [1.82, 2.24) is 5.32 Å². The Morgan fingerprint density at radius 3 is 2.50 bits per heavy atom. The molecule has 16 heavy (non-hydrogen) atoms. The molecule has 1 aliphatic carbocycles. The van der Waals surface area contributed by atoms with Gasteiger partial charge in [-0.3, -0.25) is 10.1 Å². The molecule has 0 amide bonds. The smallest absolute Gasteiger partial charge is 0.323 e. The van der Waals surface area contributed by atoms with E-state index in [1.807, 2.05) is 0 Å². The molecule has 0 aromatic rings. The molecule has 1 unspecified atom stereocenters. The Hall–Kier alpha value is -0.570. The molecule has 1 atom stereocenters. The summed E-state index contributed by atoms with van der Waals surface area (Å²) in [7, 11) is 0. The van der Waals surface area contributed by atoms with E-state index < -0.39 is 11.5 Å². The quantitative estimate of drug-likeness (QED) is 0.759. The first-order valence-electron chi connectivity index (χ1n) is 6.51. The fourth-order valence-electron chi connectivity index (χ4n) is 2.65. The van der Waals surface area contributed by atoms with Crippen LogP contribution in [0.4, 0.5) is 0 Å². The monoisotopic (exact) mass is 227 g/mol. The first kappa shape index (κ1) is 13.5. The number of carboxylic acid groups (broad SMARTS) is 1. The summed E-state index contributed by atoms with van der Waals surface area (Å²) in [5.41, 5.74) is -0.652. The van der Waals surface area contributed by atoms with E-state index in [0.717, 1.165) is 38.5 Å². The van der Waals surface area contributed by atoms with Gasteiger partial charge in [-0.2, -0.15) is 0 Å². The minimum Gasteiger partial charge on any atom is -0.480 e. The second-order valence-electron chi connectivity index (χ2n) is 5.40. The van der Waals surface area contributed by atoms with Gasteiger partial charge < -0.3 is 5.11 Å². The van der Waals surface area contributed by atoms with Crippen LogP contribution in [0.25, 0.3) is 0 Å². The van der Waals surface area contributed by atoms with Gasteiger partial charge in [0.25, 0.3) is 0 Å². The van der Waals surface area contributed by atoms with Crippen molar-refractivity contribution in [3.05, 3.63) is 0 Å². The van der Waals surface area contributed by atoms with Crippen molar-refractivity contribution in [3.63, 3.8) is 0 Å². The Morgan fingerprint density at radius 2 is 2.06 bits per heavy atom. The summed E-state index contributed by atoms with van der Waals surface area (Å²) in [6.07, 6.45) is 5.75. The molecular formula is C13H25NO2. The van der Waals surface area contributed by atoms with E-state index in [1.165, 1.54) is 0 Å². The zero-order valence-corrected chi connectivity index (χ0v) is 10.8. The highest BCUT2D eigenvalue weighted by Crippen LogP contribution is 2.32. The van der Waals surface area contributed by atoms with Crippen LogP contribution in [0.15, 0.2) is 0 Å². The van der Waals surface area contributed by atoms with Crippen LogP contribution < -0.4 is 5.32 Å². The van der Waals surface area contributed by atoms with E-state index >= 15 is 0 Å². The minimum atomic E-state index is -0.664. The van der Waals surface area contributed by atoms with Crippen LogP contribution in [-0.2, 0) is 4.79 Å². The normalized spacial score (nSPS) is 32.3. The summed E-state index contributed by atoms with van der Waals surface area (Å²) in [6, 6.07) is 0.300. The average Bonchev–Trinajstić information content (AvgIpc) is 2.22. The fourth-order valence-corrected chi connectivity index (χ4v) is 2.65. The van der Waals surface area contributed by atoms with Gasteiger partial charge in [0, 0.05) is 6.04 Å². The van der Waals surface area contributed by atoms with E-state index in [0.29, 0.717) is 12.0 Å². The molecule has 1 fully saturated rings. The van der Waals surface area contributed by atoms with E-state index in [-0.39, 0.29) is 0 Å². The highest BCUT2D eigenvalue weighted by molar-refractivity contribution is 5.79. The van der Waals surface area contributed by atoms with Crippen LogP contribution in [-0.4, -0.2) is 22.7 Å². The number of hydrogen-bond acceptors (Lipinski definition) is 2. The van der Waals surface area contributed by atoms with Crippen LogP contribution in [0.2, 0.25) is 0 Å². The van der Waals surface area contributed by atoms with Crippen molar-refractivity contribution in [2.45, 2.75) is 70.9 Å². The number of carbonyl (C=O) groups is 1. The molecule has 0 saturated heterocycles. The van der Waals surface area contributed by atoms with E-state index in [2.05, 4.69) is 26.1 Å². The van der Waals surface area contributed by atoms with Crippen molar-refractivity contribution in [2.75, 3.05) is 0 Å². The summed E-state index contributed by atoms with van der Waals surface area (Å²) in [5.74, 6) is 0.0121. The number of hydrogen-bond donors (Lipinski definition) is 2. The van der Waals surface area contributed by atoms with Gasteiger partial charge >= 0.3 is 5.97 Å². The first-order valence-corrected chi connectivity index (χ1v) is 6.51. The van der Waals surface area contributed by atoms with Crippen molar-refractivity contribution in [1.29, 1.82) is 0 Å². The summed E-state index contributed by atoms with van der Waals surface area (Å²) >= 11 is 0. The molecule has 0 bridgehead atoms. The van der Waals surface area contributed by atoms with Gasteiger partial charge in [0.05, 0.1) is 0 Å². The molecule has 0 aliphatic heterocycles. The highest BCUT2D eigenvalue weighted by Gasteiger charge is 2.41. The predicted octanol–water partition coefficient (Wildman–Crippen LogP) is 2.80. The van der Waals surface area contributed by atoms with Crippen LogP contribution in [0.1, 0.15) is 59.3 Å². The predicted molar refractivity (Wildman–Crippen MR) is 65.5 cm³/mol. The lowest BCUT2D eigenvalue weighted by molar-refractivity contribution is -0.147. The minimum absolute atomic E-state index is 0.300. The lowest BCUT2D eigenvalue weighted by Gasteiger charge is -2.38. The highest BCUT2D eigenvalue weighted by atomic mass is 16.4. The second-order valence-corrected chi connectivity index (χ2v) is 5.40. The second kappa shape index (κ2) is 5.67. The maximum absolute atomic E-state index is 11.5. The van der Waals surface area contributed by atoms with E-state index in [9.17, 15) is 9.90 Å². The SMILES string of the molecule is CCCC(C)NC1(C(=O)O)CCC(C)CC1. The Bertz CT molecular complexity index is 232. The summed E-state index contributed by atoms with van der Waals surface area (Å²) < 4.78 is 0. The molecule has 0 aromatic heterocycles. The van der Waals surface area contributed by atoms with Crippen LogP contribution in [0.5, 0.6) is 0 Å². The lowest BCUT2D eigenvalue weighted by atomic mass is 9.76. The third-order valence-corrected chi connectivity index (χ3v) is 3.78. The molecule has 94 valence electrons. The van der Waals surface area contributed by atoms with E-state index in [4.69, 9.17) is 0 Å². The van der Waals surface area contributed by atoms with Crippen molar-refractivity contribution >= 4 is 5.97 Å². The largest absolute Gasteiger partial charge is 0.480 e. The van der Waals surface area contributed by atoms with Crippen LogP contribution in [0, 0.1) is 5.92 Å². The molecule has 0 spiro atoms. The number of nitrogens with one attached hydrogen (secondary N) is 1. The number of carboxylic acids is 1. The Balaban J connectivity index is 2.63. The van der Waals surface area contributed by atoms with E-state index in [1.54, 1.807) is 0 Å². The third-order valence-electron chi connectivity index (χ3n) is 3.78. The van der Waals surface area contributed by atoms with Gasteiger partial charge in [-0.25, -0.2) is 0 Å². The van der Waals surface area contributed by atoms with Gasteiger partial charge in [0.15, 0.2) is 0 Å². The maximum atomic E-state index is 11.5. The molecule has 1 saturated carbocycles. The molecule has 0 radical (unpaired) electrons. The lowest BCUT2D eigenvalue weighted by Crippen LogP contribution is -2.56. The van der Waals surface area contributed by atoms with Gasteiger partial charge in [-0.1, -0.05) is 20.3 Å². The van der Waals surface area contributed by atoms with Gasteiger partial charge in [-0.05, 0) is 44.9 Å². The van der Waals surface area contributed by atoms with Crippen molar-refractivity contribution < 1.29 is 9.90 Å². The zero-order valence-electron chi connectivity index (χ0n) is 10.8. The topological polar surface area (TPSA) is 49.3 Å². The van der Waals surface area contributed by atoms with Gasteiger partial charge in [-0.15, -0.1) is 0 Å². The Kier molecular flexibility index (Phi) is 4.78.